The predicted molar refractivity (Wildman–Crippen MR) is 123 cm³/mol. The molecule has 0 saturated carbocycles. The second-order valence-electron chi connectivity index (χ2n) is 9.66. The molecular weight excluding hydrogens is 404 g/mol. The van der Waals surface area contributed by atoms with E-state index in [0.29, 0.717) is 13.1 Å². The molecule has 5 rings (SSSR count). The molecule has 3 heterocycles. The summed E-state index contributed by atoms with van der Waals surface area (Å²) in [6, 6.07) is 10.2. The first-order chi connectivity index (χ1) is 15.3. The molecule has 2 aliphatic heterocycles. The van der Waals surface area contributed by atoms with Crippen LogP contribution in [0.2, 0.25) is 0 Å². The Kier molecular flexibility index (Phi) is 4.92. The molecule has 0 radical (unpaired) electrons. The van der Waals surface area contributed by atoms with Crippen molar-refractivity contribution in [3.63, 3.8) is 0 Å². The average molecular weight is 433 g/mol. The Balaban J connectivity index is 1.28. The Hall–Kier alpha value is -3.35. The zero-order chi connectivity index (χ0) is 22.5. The van der Waals surface area contributed by atoms with Crippen molar-refractivity contribution in [2.45, 2.75) is 51.7 Å². The highest BCUT2D eigenvalue weighted by Gasteiger charge is 2.28. The number of benzene rings is 2. The maximum atomic E-state index is 12.3. The van der Waals surface area contributed by atoms with Crippen LogP contribution >= 0.6 is 0 Å². The molecule has 2 aromatic carbocycles. The number of hydrogen-bond acceptors (Lipinski definition) is 4. The summed E-state index contributed by atoms with van der Waals surface area (Å²) in [5.41, 5.74) is 3.47. The largest absolute Gasteiger partial charge is 0.444 e. The number of hydrogen-bond donors (Lipinski definition) is 1. The molecule has 1 fully saturated rings. The first-order valence-electron chi connectivity index (χ1n) is 11.2. The molecule has 0 atom stereocenters. The van der Waals surface area contributed by atoms with Crippen molar-refractivity contribution in [1.29, 1.82) is 0 Å². The van der Waals surface area contributed by atoms with Crippen molar-refractivity contribution >= 4 is 28.5 Å². The van der Waals surface area contributed by atoms with Crippen molar-refractivity contribution in [3.05, 3.63) is 59.4 Å². The molecule has 0 aliphatic carbocycles. The summed E-state index contributed by atoms with van der Waals surface area (Å²) < 4.78 is 7.53. The second-order valence-corrected chi connectivity index (χ2v) is 9.66. The Labute approximate surface area is 187 Å². The summed E-state index contributed by atoms with van der Waals surface area (Å²) in [6.07, 6.45) is 6.26. The highest BCUT2D eigenvalue weighted by atomic mass is 16.6. The van der Waals surface area contributed by atoms with Gasteiger partial charge in [-0.2, -0.15) is 5.10 Å². The molecule has 166 valence electrons. The zero-order valence-electron chi connectivity index (χ0n) is 18.7. The van der Waals surface area contributed by atoms with Crippen LogP contribution in [0, 0.1) is 0 Å². The number of aromatic nitrogens is 2. The van der Waals surface area contributed by atoms with Crippen molar-refractivity contribution < 1.29 is 14.3 Å². The molecule has 7 nitrogen and oxygen atoms in total. The van der Waals surface area contributed by atoms with E-state index in [1.54, 1.807) is 4.90 Å². The number of amides is 2. The molecule has 2 aliphatic rings. The fourth-order valence-corrected chi connectivity index (χ4v) is 4.63. The van der Waals surface area contributed by atoms with E-state index in [-0.39, 0.29) is 18.0 Å². The van der Waals surface area contributed by atoms with Crippen molar-refractivity contribution in [1.82, 2.24) is 14.7 Å². The second kappa shape index (κ2) is 7.65. The van der Waals surface area contributed by atoms with Crippen LogP contribution in [0.4, 0.5) is 10.5 Å². The number of nitrogens with one attached hydrogen (secondary N) is 1. The molecule has 0 unspecified atom stereocenters. The molecule has 0 spiro atoms. The number of anilines is 1. The number of carbonyl (C=O) groups excluding carboxylic acids is 2. The van der Waals surface area contributed by atoms with Gasteiger partial charge in [0.05, 0.1) is 12.2 Å². The number of rotatable bonds is 3. The minimum Gasteiger partial charge on any atom is -0.444 e. The van der Waals surface area contributed by atoms with Gasteiger partial charge in [-0.1, -0.05) is 18.2 Å². The summed E-state index contributed by atoms with van der Waals surface area (Å²) in [4.78, 5) is 26.3. The average Bonchev–Trinajstić information content (AvgIpc) is 3.35. The molecule has 0 bridgehead atoms. The van der Waals surface area contributed by atoms with Crippen LogP contribution < -0.4 is 5.32 Å². The number of likely N-dealkylation sites (tertiary alicyclic amines) is 1. The lowest BCUT2D eigenvalue weighted by Gasteiger charge is -2.33. The molecule has 1 saturated heterocycles. The third kappa shape index (κ3) is 3.83. The third-order valence-corrected chi connectivity index (χ3v) is 6.16. The van der Waals surface area contributed by atoms with Gasteiger partial charge in [-0.05, 0) is 62.3 Å². The van der Waals surface area contributed by atoms with Gasteiger partial charge in [0.1, 0.15) is 5.60 Å². The van der Waals surface area contributed by atoms with Crippen LogP contribution in [-0.4, -0.2) is 45.4 Å². The van der Waals surface area contributed by atoms with E-state index in [1.165, 1.54) is 5.56 Å². The highest BCUT2D eigenvalue weighted by molar-refractivity contribution is 6.24. The van der Waals surface area contributed by atoms with Gasteiger partial charge < -0.3 is 15.0 Å². The molecular formula is C25H28N4O3. The van der Waals surface area contributed by atoms with Crippen molar-refractivity contribution in [2.75, 3.05) is 18.4 Å². The lowest BCUT2D eigenvalue weighted by atomic mass is 9.97. The minimum atomic E-state index is -0.475. The fourth-order valence-electron chi connectivity index (χ4n) is 4.63. The third-order valence-electron chi connectivity index (χ3n) is 6.16. The van der Waals surface area contributed by atoms with Gasteiger partial charge in [0.2, 0.25) is 0 Å². The fraction of sp³-hybridized carbons (Fsp3) is 0.400. The lowest BCUT2D eigenvalue weighted by Crippen LogP contribution is -2.42. The Morgan fingerprint density at radius 2 is 1.97 bits per heavy atom. The van der Waals surface area contributed by atoms with Gasteiger partial charge in [-0.15, -0.1) is 0 Å². The van der Waals surface area contributed by atoms with E-state index in [2.05, 4.69) is 28.7 Å². The predicted octanol–water partition coefficient (Wildman–Crippen LogP) is 4.76. The molecule has 1 aromatic heterocycles. The molecule has 3 aromatic rings. The van der Waals surface area contributed by atoms with Crippen LogP contribution in [0.25, 0.3) is 10.8 Å². The van der Waals surface area contributed by atoms with E-state index >= 15 is 0 Å². The summed E-state index contributed by atoms with van der Waals surface area (Å²) in [6.45, 7) is 7.01. The number of nitrogens with zero attached hydrogens (tertiary/aromatic N) is 3. The van der Waals surface area contributed by atoms with Crippen LogP contribution in [0.5, 0.6) is 0 Å². The molecule has 2 amide bonds. The summed E-state index contributed by atoms with van der Waals surface area (Å²) in [5, 5.41) is 9.68. The van der Waals surface area contributed by atoms with Crippen LogP contribution in [0.3, 0.4) is 0 Å². The van der Waals surface area contributed by atoms with E-state index in [0.717, 1.165) is 46.8 Å². The molecule has 1 N–H and O–H groups in total. The summed E-state index contributed by atoms with van der Waals surface area (Å²) in [5.74, 6) is -0.0340. The quantitative estimate of drug-likeness (QED) is 0.647. The van der Waals surface area contributed by atoms with Crippen molar-refractivity contribution in [3.8, 4) is 0 Å². The first-order valence-corrected chi connectivity index (χ1v) is 11.2. The maximum Gasteiger partial charge on any atom is 0.410 e. The molecule has 32 heavy (non-hydrogen) atoms. The van der Waals surface area contributed by atoms with Crippen molar-refractivity contribution in [2.24, 2.45) is 0 Å². The van der Waals surface area contributed by atoms with Gasteiger partial charge in [-0.25, -0.2) is 4.79 Å². The summed E-state index contributed by atoms with van der Waals surface area (Å²) in [7, 11) is 0. The van der Waals surface area contributed by atoms with Crippen LogP contribution in [0.15, 0.2) is 42.7 Å². The minimum absolute atomic E-state index is 0.0340. The Morgan fingerprint density at radius 1 is 1.19 bits per heavy atom. The SMILES string of the molecule is CC(C)(C)OC(=O)N1CCC(n2cc(Cc3ccc4c5c(cccc35)C(=O)N4)cn2)CC1. The van der Waals surface area contributed by atoms with Crippen LogP contribution in [-0.2, 0) is 11.2 Å². The van der Waals surface area contributed by atoms with E-state index in [9.17, 15) is 9.59 Å². The Morgan fingerprint density at radius 3 is 2.72 bits per heavy atom. The normalized spacial score (nSPS) is 16.5. The van der Waals surface area contributed by atoms with Gasteiger partial charge in [-0.3, -0.25) is 9.48 Å². The number of piperidine rings is 1. The van der Waals surface area contributed by atoms with E-state index < -0.39 is 5.60 Å². The number of ether oxygens (including phenoxy) is 1. The number of carbonyl (C=O) groups is 2. The maximum absolute atomic E-state index is 12.3. The zero-order valence-corrected chi connectivity index (χ0v) is 18.7. The highest BCUT2D eigenvalue weighted by Crippen LogP contribution is 2.35. The van der Waals surface area contributed by atoms with Gasteiger partial charge in [0, 0.05) is 42.3 Å². The lowest BCUT2D eigenvalue weighted by molar-refractivity contribution is 0.0184. The van der Waals surface area contributed by atoms with Crippen LogP contribution in [0.1, 0.15) is 61.1 Å². The first kappa shape index (κ1) is 20.5. The smallest absolute Gasteiger partial charge is 0.410 e. The topological polar surface area (TPSA) is 76.5 Å². The Bertz CT molecular complexity index is 1200. The monoisotopic (exact) mass is 432 g/mol. The summed E-state index contributed by atoms with van der Waals surface area (Å²) >= 11 is 0. The van der Waals surface area contributed by atoms with Gasteiger partial charge >= 0.3 is 6.09 Å². The van der Waals surface area contributed by atoms with Gasteiger partial charge in [0.15, 0.2) is 0 Å². The van der Waals surface area contributed by atoms with E-state index in [4.69, 9.17) is 4.74 Å². The van der Waals surface area contributed by atoms with E-state index in [1.807, 2.05) is 49.8 Å². The standard InChI is InChI=1S/C25H28N4O3/c1-25(2,3)32-24(31)28-11-9-18(10-12-28)29-15-16(14-26-29)13-17-7-8-21-22-19(17)5-4-6-20(22)23(30)27-21/h4-8,14-15,18H,9-13H2,1-3H3,(H,27,30). The van der Waals surface area contributed by atoms with Gasteiger partial charge in [0.25, 0.3) is 5.91 Å². The molecule has 7 heteroatoms.